The first-order chi connectivity index (χ1) is 8.27. The fourth-order valence-corrected chi connectivity index (χ4v) is 2.50. The average Bonchev–Trinajstić information content (AvgIpc) is 2.84. The number of nitrogens with zero attached hydrogens (tertiary/aromatic N) is 2. The maximum absolute atomic E-state index is 12.2. The van der Waals surface area contributed by atoms with Crippen LogP contribution in [0.5, 0.6) is 0 Å². The molecule has 0 saturated carbocycles. The van der Waals surface area contributed by atoms with E-state index in [-0.39, 0.29) is 11.6 Å². The van der Waals surface area contributed by atoms with Gasteiger partial charge in [0, 0.05) is 6.54 Å². The molecule has 1 atom stereocenters. The van der Waals surface area contributed by atoms with Crippen LogP contribution in [0.15, 0.2) is 29.1 Å². The fraction of sp³-hybridized carbons (Fsp3) is 0.385. The van der Waals surface area contributed by atoms with Gasteiger partial charge < -0.3 is 9.88 Å². The second kappa shape index (κ2) is 3.96. The molecule has 0 radical (unpaired) electrons. The van der Waals surface area contributed by atoms with Gasteiger partial charge in [0.05, 0.1) is 17.1 Å². The van der Waals surface area contributed by atoms with Crippen molar-refractivity contribution in [2.75, 3.05) is 13.1 Å². The lowest BCUT2D eigenvalue weighted by Crippen LogP contribution is -2.29. The highest BCUT2D eigenvalue weighted by molar-refractivity contribution is 5.74. The Morgan fingerprint density at radius 2 is 2.24 bits per heavy atom. The van der Waals surface area contributed by atoms with Crippen molar-refractivity contribution in [1.82, 2.24) is 14.9 Å². The van der Waals surface area contributed by atoms with Gasteiger partial charge in [-0.3, -0.25) is 4.79 Å². The third kappa shape index (κ3) is 1.65. The number of hydrogen-bond donors (Lipinski definition) is 1. The lowest BCUT2D eigenvalue weighted by molar-refractivity contribution is 0.543. The summed E-state index contributed by atoms with van der Waals surface area (Å²) in [5.41, 5.74) is 2.46. The molecule has 1 aromatic carbocycles. The Morgan fingerprint density at radius 3 is 3.00 bits per heavy atom. The Balaban J connectivity index is 2.33. The summed E-state index contributed by atoms with van der Waals surface area (Å²) in [5, 5.41) is 3.30. The van der Waals surface area contributed by atoms with Crippen LogP contribution in [0.4, 0.5) is 0 Å². The maximum atomic E-state index is 12.2. The van der Waals surface area contributed by atoms with Crippen molar-refractivity contribution >= 4 is 11.0 Å². The minimum absolute atomic E-state index is 0.0393. The van der Waals surface area contributed by atoms with E-state index in [1.807, 2.05) is 28.8 Å². The van der Waals surface area contributed by atoms with E-state index >= 15 is 0 Å². The molecule has 1 aliphatic heterocycles. The van der Waals surface area contributed by atoms with Crippen molar-refractivity contribution in [2.45, 2.75) is 19.4 Å². The predicted octanol–water partition coefficient (Wildman–Crippen LogP) is 1.24. The van der Waals surface area contributed by atoms with E-state index in [0.29, 0.717) is 5.69 Å². The minimum Gasteiger partial charge on any atom is -0.315 e. The normalized spacial score (nSPS) is 19.9. The number of fused-ring (bicyclic) bond motifs is 1. The minimum atomic E-state index is 0.0393. The van der Waals surface area contributed by atoms with E-state index in [1.54, 1.807) is 6.92 Å². The van der Waals surface area contributed by atoms with Crippen LogP contribution in [-0.4, -0.2) is 22.6 Å². The first-order valence-corrected chi connectivity index (χ1v) is 5.96. The van der Waals surface area contributed by atoms with E-state index in [1.165, 1.54) is 0 Å². The number of rotatable bonds is 1. The van der Waals surface area contributed by atoms with Crippen molar-refractivity contribution in [1.29, 1.82) is 0 Å². The number of para-hydroxylation sites is 2. The van der Waals surface area contributed by atoms with Crippen molar-refractivity contribution in [2.24, 2.45) is 0 Å². The molecule has 0 amide bonds. The summed E-state index contributed by atoms with van der Waals surface area (Å²) < 4.78 is 1.90. The first-order valence-electron chi connectivity index (χ1n) is 5.96. The summed E-state index contributed by atoms with van der Waals surface area (Å²) >= 11 is 0. The van der Waals surface area contributed by atoms with Crippen LogP contribution in [0.2, 0.25) is 0 Å². The predicted molar refractivity (Wildman–Crippen MR) is 67.3 cm³/mol. The van der Waals surface area contributed by atoms with Gasteiger partial charge in [-0.1, -0.05) is 12.1 Å². The van der Waals surface area contributed by atoms with Gasteiger partial charge in [0.15, 0.2) is 0 Å². The molecule has 2 aromatic rings. The van der Waals surface area contributed by atoms with Crippen LogP contribution in [0, 0.1) is 6.92 Å². The molecule has 1 aromatic heterocycles. The highest BCUT2D eigenvalue weighted by atomic mass is 16.1. The lowest BCUT2D eigenvalue weighted by Gasteiger charge is -2.16. The molecule has 4 heteroatoms. The van der Waals surface area contributed by atoms with Crippen LogP contribution < -0.4 is 10.9 Å². The molecule has 0 spiro atoms. The highest BCUT2D eigenvalue weighted by Crippen LogP contribution is 2.19. The number of benzene rings is 1. The van der Waals surface area contributed by atoms with Gasteiger partial charge in [0.1, 0.15) is 5.69 Å². The van der Waals surface area contributed by atoms with Gasteiger partial charge in [0.25, 0.3) is 5.56 Å². The molecule has 4 nitrogen and oxygen atoms in total. The van der Waals surface area contributed by atoms with Crippen molar-refractivity contribution in [3.05, 3.63) is 40.3 Å². The molecule has 3 rings (SSSR count). The monoisotopic (exact) mass is 229 g/mol. The van der Waals surface area contributed by atoms with Crippen LogP contribution in [0.3, 0.4) is 0 Å². The van der Waals surface area contributed by atoms with Gasteiger partial charge in [-0.05, 0) is 32.0 Å². The highest BCUT2D eigenvalue weighted by Gasteiger charge is 2.20. The molecule has 88 valence electrons. The quantitative estimate of drug-likeness (QED) is 0.800. The summed E-state index contributed by atoms with van der Waals surface area (Å²) in [6.45, 7) is 3.63. The van der Waals surface area contributed by atoms with Gasteiger partial charge in [-0.25, -0.2) is 4.98 Å². The first kappa shape index (κ1) is 10.5. The second-order valence-corrected chi connectivity index (χ2v) is 4.51. The molecule has 2 heterocycles. The van der Waals surface area contributed by atoms with Gasteiger partial charge in [0.2, 0.25) is 0 Å². The summed E-state index contributed by atoms with van der Waals surface area (Å²) in [6, 6.07) is 8.10. The zero-order valence-corrected chi connectivity index (χ0v) is 9.81. The largest absolute Gasteiger partial charge is 0.315 e. The smallest absolute Gasteiger partial charge is 0.272 e. The van der Waals surface area contributed by atoms with Crippen molar-refractivity contribution < 1.29 is 0 Å². The Morgan fingerprint density at radius 1 is 1.41 bits per heavy atom. The lowest BCUT2D eigenvalue weighted by atomic mass is 10.2. The molecule has 1 saturated heterocycles. The van der Waals surface area contributed by atoms with Crippen LogP contribution >= 0.6 is 0 Å². The number of nitrogens with one attached hydrogen (secondary N) is 1. The van der Waals surface area contributed by atoms with E-state index in [4.69, 9.17) is 0 Å². The molecule has 17 heavy (non-hydrogen) atoms. The number of aryl methyl sites for hydroxylation is 1. The standard InChI is InChI=1S/C13H15N3O/c1-9-13(17)16(10-6-7-14-8-10)12-5-3-2-4-11(12)15-9/h2-5,10,14H,6-8H2,1H3. The SMILES string of the molecule is Cc1nc2ccccc2n(C2CCNC2)c1=O. The van der Waals surface area contributed by atoms with Crippen LogP contribution in [0.1, 0.15) is 18.2 Å². The molecule has 0 aliphatic carbocycles. The molecule has 1 fully saturated rings. The summed E-state index contributed by atoms with van der Waals surface area (Å²) in [6.07, 6.45) is 1.01. The summed E-state index contributed by atoms with van der Waals surface area (Å²) in [5.74, 6) is 0. The molecule has 1 aliphatic rings. The van der Waals surface area contributed by atoms with Crippen LogP contribution in [0.25, 0.3) is 11.0 Å². The summed E-state index contributed by atoms with van der Waals surface area (Å²) in [4.78, 5) is 16.6. The van der Waals surface area contributed by atoms with Crippen molar-refractivity contribution in [3.63, 3.8) is 0 Å². The fourth-order valence-electron chi connectivity index (χ4n) is 2.50. The van der Waals surface area contributed by atoms with E-state index in [2.05, 4.69) is 10.3 Å². The maximum Gasteiger partial charge on any atom is 0.272 e. The second-order valence-electron chi connectivity index (χ2n) is 4.51. The topological polar surface area (TPSA) is 46.9 Å². The van der Waals surface area contributed by atoms with E-state index in [9.17, 15) is 4.79 Å². The molecular formula is C13H15N3O. The van der Waals surface area contributed by atoms with Gasteiger partial charge >= 0.3 is 0 Å². The number of hydrogen-bond acceptors (Lipinski definition) is 3. The summed E-state index contributed by atoms with van der Waals surface area (Å²) in [7, 11) is 0. The molecule has 0 bridgehead atoms. The molecule has 1 N–H and O–H groups in total. The third-order valence-corrected chi connectivity index (χ3v) is 3.36. The zero-order valence-electron chi connectivity index (χ0n) is 9.81. The molecule has 1 unspecified atom stereocenters. The average molecular weight is 229 g/mol. The molecular weight excluding hydrogens is 214 g/mol. The zero-order chi connectivity index (χ0) is 11.8. The third-order valence-electron chi connectivity index (χ3n) is 3.36. The van der Waals surface area contributed by atoms with Gasteiger partial charge in [-0.15, -0.1) is 0 Å². The number of aromatic nitrogens is 2. The Kier molecular flexibility index (Phi) is 2.44. The Hall–Kier alpha value is -1.68. The van der Waals surface area contributed by atoms with E-state index < -0.39 is 0 Å². The van der Waals surface area contributed by atoms with E-state index in [0.717, 1.165) is 30.5 Å². The van der Waals surface area contributed by atoms with Crippen LogP contribution in [-0.2, 0) is 0 Å². The van der Waals surface area contributed by atoms with Crippen molar-refractivity contribution in [3.8, 4) is 0 Å². The Labute approximate surface area is 99.3 Å². The Bertz CT molecular complexity index is 612. The van der Waals surface area contributed by atoms with Gasteiger partial charge in [-0.2, -0.15) is 0 Å².